The average Bonchev–Trinajstić information content (AvgIpc) is 3.01. The second-order valence-corrected chi connectivity index (χ2v) is 8.24. The molecule has 3 fully saturated rings. The van der Waals surface area contributed by atoms with Gasteiger partial charge in [-0.3, -0.25) is 9.89 Å². The molecule has 0 bridgehead atoms. The Bertz CT molecular complexity index is 600. The first-order chi connectivity index (χ1) is 11.7. The van der Waals surface area contributed by atoms with Gasteiger partial charge in [0.25, 0.3) is 0 Å². The van der Waals surface area contributed by atoms with Crippen LogP contribution >= 0.6 is 39.9 Å². The third-order valence-corrected chi connectivity index (χ3v) is 6.26. The standard InChI is InChI=1S/C19H27BrN4.HI/c1-21-19(24-11-8-16(13-24)23-9-2-3-10-23)22-18-12-17(18)14-4-6-15(20)7-5-14;/h4-7,16-18H,2-3,8-13H2,1H3,(H,21,22);1H. The van der Waals surface area contributed by atoms with Crippen molar-refractivity contribution in [2.24, 2.45) is 4.99 Å². The third-order valence-electron chi connectivity index (χ3n) is 5.73. The lowest BCUT2D eigenvalue weighted by atomic mass is 10.1. The second-order valence-electron chi connectivity index (χ2n) is 7.32. The maximum Gasteiger partial charge on any atom is 0.193 e. The molecular formula is C19H28BrIN4. The van der Waals surface area contributed by atoms with Gasteiger partial charge in [-0.1, -0.05) is 28.1 Å². The van der Waals surface area contributed by atoms with E-state index in [1.54, 1.807) is 0 Å². The van der Waals surface area contributed by atoms with Gasteiger partial charge >= 0.3 is 0 Å². The van der Waals surface area contributed by atoms with Crippen LogP contribution in [0.1, 0.15) is 37.2 Å². The van der Waals surface area contributed by atoms with Crippen molar-refractivity contribution in [1.82, 2.24) is 15.1 Å². The first-order valence-corrected chi connectivity index (χ1v) is 10.0. The summed E-state index contributed by atoms with van der Waals surface area (Å²) in [5.74, 6) is 1.73. The van der Waals surface area contributed by atoms with Crippen LogP contribution < -0.4 is 5.32 Å². The maximum absolute atomic E-state index is 4.56. The Morgan fingerprint density at radius 3 is 2.56 bits per heavy atom. The van der Waals surface area contributed by atoms with Crippen LogP contribution in [0.3, 0.4) is 0 Å². The molecule has 4 rings (SSSR count). The Morgan fingerprint density at radius 1 is 1.16 bits per heavy atom. The molecule has 1 saturated carbocycles. The van der Waals surface area contributed by atoms with Crippen LogP contribution in [0.25, 0.3) is 0 Å². The first-order valence-electron chi connectivity index (χ1n) is 9.22. The molecule has 3 aliphatic rings. The third kappa shape index (κ3) is 4.50. The van der Waals surface area contributed by atoms with E-state index in [9.17, 15) is 0 Å². The largest absolute Gasteiger partial charge is 0.353 e. The summed E-state index contributed by atoms with van der Waals surface area (Å²) >= 11 is 3.51. The van der Waals surface area contributed by atoms with E-state index in [0.29, 0.717) is 12.0 Å². The van der Waals surface area contributed by atoms with Gasteiger partial charge in [0.15, 0.2) is 5.96 Å². The first kappa shape index (κ1) is 19.4. The number of aliphatic imine (C=N–C) groups is 1. The number of halogens is 2. The van der Waals surface area contributed by atoms with E-state index in [2.05, 4.69) is 60.3 Å². The second kappa shape index (κ2) is 8.57. The Labute approximate surface area is 176 Å². The van der Waals surface area contributed by atoms with Gasteiger partial charge in [-0.25, -0.2) is 0 Å². The number of rotatable bonds is 3. The summed E-state index contributed by atoms with van der Waals surface area (Å²) in [4.78, 5) is 9.69. The smallest absolute Gasteiger partial charge is 0.193 e. The molecule has 0 aromatic heterocycles. The highest BCUT2D eigenvalue weighted by molar-refractivity contribution is 14.0. The summed E-state index contributed by atoms with van der Waals surface area (Å²) in [6.07, 6.45) is 5.24. The van der Waals surface area contributed by atoms with Gasteiger partial charge in [-0.2, -0.15) is 0 Å². The molecule has 4 nitrogen and oxygen atoms in total. The number of likely N-dealkylation sites (tertiary alicyclic amines) is 2. The zero-order valence-electron chi connectivity index (χ0n) is 14.8. The Hall–Kier alpha value is -0.340. The number of hydrogen-bond acceptors (Lipinski definition) is 2. The monoisotopic (exact) mass is 518 g/mol. The number of nitrogens with zero attached hydrogens (tertiary/aromatic N) is 3. The van der Waals surface area contributed by atoms with Gasteiger partial charge in [0, 0.05) is 42.6 Å². The molecule has 3 atom stereocenters. The van der Waals surface area contributed by atoms with Gasteiger partial charge in [-0.15, -0.1) is 24.0 Å². The van der Waals surface area contributed by atoms with Crippen LogP contribution in [0, 0.1) is 0 Å². The summed E-state index contributed by atoms with van der Waals surface area (Å²) in [5.41, 5.74) is 1.43. The summed E-state index contributed by atoms with van der Waals surface area (Å²) in [7, 11) is 1.92. The molecule has 1 N–H and O–H groups in total. The molecule has 2 heterocycles. The molecule has 1 aliphatic carbocycles. The van der Waals surface area contributed by atoms with Crippen LogP contribution in [0.5, 0.6) is 0 Å². The Morgan fingerprint density at radius 2 is 1.88 bits per heavy atom. The van der Waals surface area contributed by atoms with Crippen LogP contribution in [0.4, 0.5) is 0 Å². The highest BCUT2D eigenvalue weighted by Gasteiger charge is 2.40. The molecule has 0 radical (unpaired) electrons. The molecular weight excluding hydrogens is 491 g/mol. The Balaban J connectivity index is 0.00000182. The van der Waals surface area contributed by atoms with Crippen molar-refractivity contribution in [3.8, 4) is 0 Å². The minimum Gasteiger partial charge on any atom is -0.353 e. The molecule has 3 unspecified atom stereocenters. The summed E-state index contributed by atoms with van der Waals surface area (Å²) in [6, 6.07) is 10.0. The molecule has 0 amide bonds. The zero-order valence-corrected chi connectivity index (χ0v) is 18.7. The zero-order chi connectivity index (χ0) is 16.5. The van der Waals surface area contributed by atoms with Crippen molar-refractivity contribution in [3.63, 3.8) is 0 Å². The van der Waals surface area contributed by atoms with Gasteiger partial charge in [0.05, 0.1) is 0 Å². The molecule has 1 aromatic carbocycles. The molecule has 6 heteroatoms. The van der Waals surface area contributed by atoms with Crippen molar-refractivity contribution < 1.29 is 0 Å². The molecule has 0 spiro atoms. The average molecular weight is 519 g/mol. The fourth-order valence-electron chi connectivity index (χ4n) is 4.23. The topological polar surface area (TPSA) is 30.9 Å². The molecule has 2 aliphatic heterocycles. The van der Waals surface area contributed by atoms with Gasteiger partial charge in [0.2, 0.25) is 0 Å². The summed E-state index contributed by atoms with van der Waals surface area (Å²) in [6.45, 7) is 4.85. The SMILES string of the molecule is CN=C(NC1CC1c1ccc(Br)cc1)N1CCC(N2CCCC2)C1.I. The highest BCUT2D eigenvalue weighted by Crippen LogP contribution is 2.41. The molecule has 1 aromatic rings. The lowest BCUT2D eigenvalue weighted by Gasteiger charge is -2.25. The highest BCUT2D eigenvalue weighted by atomic mass is 127. The van der Waals surface area contributed by atoms with Crippen molar-refractivity contribution >= 4 is 45.9 Å². The Kier molecular flexibility index (Phi) is 6.65. The fourth-order valence-corrected chi connectivity index (χ4v) is 4.50. The van der Waals surface area contributed by atoms with Crippen LogP contribution in [-0.4, -0.2) is 61.1 Å². The number of benzene rings is 1. The lowest BCUT2D eigenvalue weighted by molar-refractivity contribution is 0.249. The van der Waals surface area contributed by atoms with E-state index in [1.165, 1.54) is 44.3 Å². The summed E-state index contributed by atoms with van der Waals surface area (Å²) in [5, 5.41) is 3.70. The quantitative estimate of drug-likeness (QED) is 0.376. The van der Waals surface area contributed by atoms with Crippen LogP contribution in [0.15, 0.2) is 33.7 Å². The van der Waals surface area contributed by atoms with E-state index in [-0.39, 0.29) is 24.0 Å². The van der Waals surface area contributed by atoms with E-state index >= 15 is 0 Å². The van der Waals surface area contributed by atoms with Crippen molar-refractivity contribution in [2.45, 2.75) is 43.7 Å². The predicted molar refractivity (Wildman–Crippen MR) is 118 cm³/mol. The molecule has 25 heavy (non-hydrogen) atoms. The van der Waals surface area contributed by atoms with Crippen LogP contribution in [-0.2, 0) is 0 Å². The molecule has 2 saturated heterocycles. The summed E-state index contributed by atoms with van der Waals surface area (Å²) < 4.78 is 1.15. The van der Waals surface area contributed by atoms with Gasteiger partial charge < -0.3 is 10.2 Å². The van der Waals surface area contributed by atoms with Gasteiger partial charge in [0.1, 0.15) is 0 Å². The van der Waals surface area contributed by atoms with E-state index in [1.807, 2.05) is 7.05 Å². The van der Waals surface area contributed by atoms with Crippen molar-refractivity contribution in [1.29, 1.82) is 0 Å². The van der Waals surface area contributed by atoms with Gasteiger partial charge in [-0.05, 0) is 56.5 Å². The normalized spacial score (nSPS) is 29.6. The maximum atomic E-state index is 4.56. The minimum atomic E-state index is 0. The molecule has 138 valence electrons. The van der Waals surface area contributed by atoms with E-state index < -0.39 is 0 Å². The van der Waals surface area contributed by atoms with Crippen molar-refractivity contribution in [2.75, 3.05) is 33.2 Å². The number of nitrogens with one attached hydrogen (secondary N) is 1. The number of guanidine groups is 1. The van der Waals surface area contributed by atoms with E-state index in [4.69, 9.17) is 0 Å². The van der Waals surface area contributed by atoms with E-state index in [0.717, 1.165) is 29.6 Å². The van der Waals surface area contributed by atoms with Crippen molar-refractivity contribution in [3.05, 3.63) is 34.3 Å². The fraction of sp³-hybridized carbons (Fsp3) is 0.632. The predicted octanol–water partition coefficient (Wildman–Crippen LogP) is 3.67. The van der Waals surface area contributed by atoms with Crippen LogP contribution in [0.2, 0.25) is 0 Å². The minimum absolute atomic E-state index is 0. The number of hydrogen-bond donors (Lipinski definition) is 1. The lowest BCUT2D eigenvalue weighted by Crippen LogP contribution is -2.43.